The molecule has 0 spiro atoms. The highest BCUT2D eigenvalue weighted by molar-refractivity contribution is 5.98. The minimum atomic E-state index is -0.701. The maximum Gasteiger partial charge on any atom is 0.433 e. The van der Waals surface area contributed by atoms with E-state index in [1.165, 1.54) is 16.8 Å². The number of hydrazone groups is 1. The molecule has 4 rings (SSSR count). The number of carbonyl (C=O) groups excluding carboxylic acids is 1. The van der Waals surface area contributed by atoms with Crippen LogP contribution in [0.5, 0.6) is 0 Å². The van der Waals surface area contributed by atoms with Gasteiger partial charge in [0.2, 0.25) is 11.6 Å². The molecule has 0 atom stereocenters. The van der Waals surface area contributed by atoms with Gasteiger partial charge in [0, 0.05) is 5.56 Å². The molecule has 14 heteroatoms. The molecule has 0 radical (unpaired) electrons. The molecule has 0 fully saturated rings. The average Bonchev–Trinajstić information content (AvgIpc) is 3.47. The number of hydrogen-bond donors (Lipinski definition) is 2. The number of rotatable bonds is 6. The maximum atomic E-state index is 12.6. The summed E-state index contributed by atoms with van der Waals surface area (Å²) in [6, 6.07) is 11.3. The molecule has 4 aromatic rings. The van der Waals surface area contributed by atoms with Crippen molar-refractivity contribution in [1.29, 1.82) is 0 Å². The number of carbonyl (C=O) groups is 1. The van der Waals surface area contributed by atoms with Crippen LogP contribution in [0.25, 0.3) is 17.1 Å². The molecule has 0 aliphatic carbocycles. The average molecular weight is 409 g/mol. The summed E-state index contributed by atoms with van der Waals surface area (Å²) in [4.78, 5) is 22.6. The Morgan fingerprint density at radius 3 is 2.70 bits per heavy atom. The summed E-state index contributed by atoms with van der Waals surface area (Å²) < 4.78 is 10.7. The molecule has 0 saturated heterocycles. The second kappa shape index (κ2) is 7.63. The van der Waals surface area contributed by atoms with E-state index in [-0.39, 0.29) is 28.8 Å². The van der Waals surface area contributed by atoms with Crippen LogP contribution in [0.1, 0.15) is 16.2 Å². The first-order chi connectivity index (χ1) is 14.5. The second-order valence-electron chi connectivity index (χ2n) is 5.67. The van der Waals surface area contributed by atoms with Crippen LogP contribution < -0.4 is 11.2 Å². The molecule has 0 aliphatic rings. The number of nitrogen functional groups attached to an aromatic ring is 1. The van der Waals surface area contributed by atoms with Gasteiger partial charge in [0.05, 0.1) is 12.3 Å². The lowest BCUT2D eigenvalue weighted by molar-refractivity contribution is -0.402. The minimum absolute atomic E-state index is 0.0403. The largest absolute Gasteiger partial charge is 0.433 e. The Morgan fingerprint density at radius 1 is 1.23 bits per heavy atom. The van der Waals surface area contributed by atoms with Gasteiger partial charge in [-0.15, -0.1) is 5.10 Å². The fourth-order valence-electron chi connectivity index (χ4n) is 2.49. The standard InChI is InChI=1S/C16H11N9O5/c17-14-15(22-30-21-14)24-13(9-4-2-1-3-5-9)12(19-23-24)16(26)20-18-8-10-6-7-11(29-10)25(27)28/h1-8H,(H2,17,21)(H,20,26)/b18-8-. The number of benzene rings is 1. The number of nitrogens with two attached hydrogens (primary N) is 1. The lowest BCUT2D eigenvalue weighted by atomic mass is 10.1. The van der Waals surface area contributed by atoms with Crippen molar-refractivity contribution >= 4 is 23.8 Å². The van der Waals surface area contributed by atoms with Gasteiger partial charge >= 0.3 is 5.88 Å². The fourth-order valence-corrected chi connectivity index (χ4v) is 2.49. The number of nitrogens with one attached hydrogen (secondary N) is 1. The van der Waals surface area contributed by atoms with Crippen LogP contribution in [0.2, 0.25) is 0 Å². The van der Waals surface area contributed by atoms with Crippen LogP contribution in [0.3, 0.4) is 0 Å². The van der Waals surface area contributed by atoms with E-state index in [0.29, 0.717) is 5.56 Å². The minimum Gasteiger partial charge on any atom is -0.400 e. The highest BCUT2D eigenvalue weighted by Gasteiger charge is 2.25. The molecule has 1 amide bonds. The van der Waals surface area contributed by atoms with E-state index in [1.54, 1.807) is 30.3 Å². The maximum absolute atomic E-state index is 12.6. The Balaban J connectivity index is 1.64. The van der Waals surface area contributed by atoms with Crippen molar-refractivity contribution < 1.29 is 18.8 Å². The second-order valence-corrected chi connectivity index (χ2v) is 5.67. The summed E-state index contributed by atoms with van der Waals surface area (Å²) in [5.74, 6) is -1.05. The first-order valence-corrected chi connectivity index (χ1v) is 8.21. The van der Waals surface area contributed by atoms with Crippen LogP contribution in [-0.4, -0.2) is 42.4 Å². The number of anilines is 1. The zero-order chi connectivity index (χ0) is 21.1. The van der Waals surface area contributed by atoms with Crippen LogP contribution in [-0.2, 0) is 0 Å². The lowest BCUT2D eigenvalue weighted by Gasteiger charge is -2.05. The van der Waals surface area contributed by atoms with Gasteiger partial charge in [0.25, 0.3) is 5.91 Å². The number of amides is 1. The van der Waals surface area contributed by atoms with Crippen molar-refractivity contribution in [2.24, 2.45) is 5.10 Å². The molecule has 0 aliphatic heterocycles. The van der Waals surface area contributed by atoms with E-state index in [2.05, 4.69) is 35.8 Å². The van der Waals surface area contributed by atoms with E-state index in [9.17, 15) is 14.9 Å². The van der Waals surface area contributed by atoms with E-state index < -0.39 is 16.7 Å². The van der Waals surface area contributed by atoms with Gasteiger partial charge in [0.15, 0.2) is 11.5 Å². The van der Waals surface area contributed by atoms with Crippen molar-refractivity contribution in [3.63, 3.8) is 0 Å². The fraction of sp³-hybridized carbons (Fsp3) is 0. The van der Waals surface area contributed by atoms with Gasteiger partial charge in [-0.05, 0) is 16.4 Å². The molecule has 3 aromatic heterocycles. The van der Waals surface area contributed by atoms with Crippen molar-refractivity contribution in [3.05, 3.63) is 64.0 Å². The molecule has 1 aromatic carbocycles. The van der Waals surface area contributed by atoms with Crippen LogP contribution >= 0.6 is 0 Å². The van der Waals surface area contributed by atoms with Crippen molar-refractivity contribution in [2.75, 3.05) is 5.73 Å². The summed E-state index contributed by atoms with van der Waals surface area (Å²) in [5.41, 5.74) is 8.80. The molecule has 30 heavy (non-hydrogen) atoms. The van der Waals surface area contributed by atoms with Crippen LogP contribution in [0.4, 0.5) is 11.7 Å². The first-order valence-electron chi connectivity index (χ1n) is 8.21. The number of nitro groups is 1. The third kappa shape index (κ3) is 3.47. The normalized spacial score (nSPS) is 11.1. The Labute approximate surface area is 166 Å². The Kier molecular flexibility index (Phi) is 4.70. The summed E-state index contributed by atoms with van der Waals surface area (Å²) in [7, 11) is 0. The lowest BCUT2D eigenvalue weighted by Crippen LogP contribution is -2.19. The molecule has 14 nitrogen and oxygen atoms in total. The van der Waals surface area contributed by atoms with Gasteiger partial charge < -0.3 is 10.2 Å². The number of hydrogen-bond acceptors (Lipinski definition) is 11. The van der Waals surface area contributed by atoms with E-state index in [4.69, 9.17) is 10.2 Å². The molecule has 0 unspecified atom stereocenters. The van der Waals surface area contributed by atoms with Gasteiger partial charge in [0.1, 0.15) is 10.6 Å². The number of furan rings is 1. The van der Waals surface area contributed by atoms with Crippen molar-refractivity contribution in [1.82, 2.24) is 30.7 Å². The molecule has 150 valence electrons. The number of nitrogens with zero attached hydrogens (tertiary/aromatic N) is 7. The van der Waals surface area contributed by atoms with Gasteiger partial charge in [-0.25, -0.2) is 10.1 Å². The van der Waals surface area contributed by atoms with Gasteiger partial charge in [-0.1, -0.05) is 35.5 Å². The Hall–Kier alpha value is -4.88. The van der Waals surface area contributed by atoms with E-state index >= 15 is 0 Å². The zero-order valence-electron chi connectivity index (χ0n) is 14.9. The topological polar surface area (TPSA) is 193 Å². The van der Waals surface area contributed by atoms with Crippen LogP contribution in [0, 0.1) is 10.1 Å². The third-order valence-electron chi connectivity index (χ3n) is 3.78. The Morgan fingerprint density at radius 2 is 2.03 bits per heavy atom. The smallest absolute Gasteiger partial charge is 0.400 e. The summed E-state index contributed by atoms with van der Waals surface area (Å²) in [6.45, 7) is 0. The predicted octanol–water partition coefficient (Wildman–Crippen LogP) is 1.16. The predicted molar refractivity (Wildman–Crippen MR) is 99.5 cm³/mol. The van der Waals surface area contributed by atoms with Crippen molar-refractivity contribution in [2.45, 2.75) is 0 Å². The summed E-state index contributed by atoms with van der Waals surface area (Å²) >= 11 is 0. The molecule has 0 bridgehead atoms. The highest BCUT2D eigenvalue weighted by atomic mass is 16.6. The molecule has 0 saturated carbocycles. The molecular weight excluding hydrogens is 398 g/mol. The molecular formula is C16H11N9O5. The SMILES string of the molecule is Nc1nonc1-n1nnc(C(=O)N/N=C\c2ccc([N+](=O)[O-])o2)c1-c1ccccc1. The monoisotopic (exact) mass is 409 g/mol. The van der Waals surface area contributed by atoms with E-state index in [1.807, 2.05) is 0 Å². The van der Waals surface area contributed by atoms with Gasteiger partial charge in [-0.3, -0.25) is 14.9 Å². The molecule has 3 N–H and O–H groups in total. The zero-order valence-corrected chi connectivity index (χ0v) is 14.9. The van der Waals surface area contributed by atoms with E-state index in [0.717, 1.165) is 6.21 Å². The summed E-state index contributed by atoms with van der Waals surface area (Å²) in [5, 5.41) is 29.4. The number of aromatic nitrogens is 5. The third-order valence-corrected chi connectivity index (χ3v) is 3.78. The van der Waals surface area contributed by atoms with Crippen LogP contribution in [0.15, 0.2) is 56.6 Å². The first kappa shape index (κ1) is 18.5. The Bertz CT molecular complexity index is 1240. The molecule has 3 heterocycles. The van der Waals surface area contributed by atoms with Crippen molar-refractivity contribution in [3.8, 4) is 17.1 Å². The quantitative estimate of drug-likeness (QED) is 0.265. The summed E-state index contributed by atoms with van der Waals surface area (Å²) in [6.07, 6.45) is 1.11. The highest BCUT2D eigenvalue weighted by Crippen LogP contribution is 2.26. The van der Waals surface area contributed by atoms with Gasteiger partial charge in [-0.2, -0.15) is 9.78 Å².